The first-order valence-corrected chi connectivity index (χ1v) is 9.19. The number of benzene rings is 2. The first-order chi connectivity index (χ1) is 13.7. The van der Waals surface area contributed by atoms with E-state index in [1.807, 2.05) is 78.9 Å². The summed E-state index contributed by atoms with van der Waals surface area (Å²) in [6.45, 7) is 1.86. The molecule has 0 spiro atoms. The molecule has 0 unspecified atom stereocenters. The molecule has 6 heteroatoms. The van der Waals surface area contributed by atoms with Crippen molar-refractivity contribution in [2.24, 2.45) is 0 Å². The van der Waals surface area contributed by atoms with Crippen LogP contribution in [0.4, 0.5) is 11.4 Å². The fraction of sp³-hybridized carbons (Fsp3) is 0.136. The molecule has 0 bridgehead atoms. The van der Waals surface area contributed by atoms with E-state index in [0.29, 0.717) is 17.9 Å². The Balaban J connectivity index is 1.79. The summed E-state index contributed by atoms with van der Waals surface area (Å²) in [5.74, 6) is 0.732. The number of aromatic amines is 1. The number of ketones is 1. The van der Waals surface area contributed by atoms with E-state index in [1.54, 1.807) is 12.2 Å². The van der Waals surface area contributed by atoms with Crippen LogP contribution in [-0.4, -0.2) is 23.0 Å². The van der Waals surface area contributed by atoms with Crippen LogP contribution in [0.2, 0.25) is 0 Å². The molecule has 2 aromatic carbocycles. The number of nitrogens with one attached hydrogen (secondary N) is 2. The van der Waals surface area contributed by atoms with Gasteiger partial charge in [-0.2, -0.15) is 5.12 Å². The molecular formula is C22H22N4O2. The first kappa shape index (κ1) is 17.7. The molecule has 2 N–H and O–H groups in total. The number of hydrazine groups is 2. The van der Waals surface area contributed by atoms with E-state index >= 15 is 0 Å². The fourth-order valence-electron chi connectivity index (χ4n) is 3.26. The van der Waals surface area contributed by atoms with Gasteiger partial charge in [-0.05, 0) is 30.4 Å². The van der Waals surface area contributed by atoms with Crippen molar-refractivity contribution < 1.29 is 9.53 Å². The maximum Gasteiger partial charge on any atom is 0.182 e. The van der Waals surface area contributed by atoms with E-state index in [-0.39, 0.29) is 5.78 Å². The highest BCUT2D eigenvalue weighted by Crippen LogP contribution is 2.33. The van der Waals surface area contributed by atoms with Crippen LogP contribution in [0.3, 0.4) is 0 Å². The van der Waals surface area contributed by atoms with E-state index < -0.39 is 0 Å². The topological polar surface area (TPSA) is 60.6 Å². The SMILES string of the molecule is CCC(=O)C1=CC=CN(c2c[nH]c3ccccc23)N1Nc1ccccc1OC. The summed E-state index contributed by atoms with van der Waals surface area (Å²) in [6, 6.07) is 15.7. The average molecular weight is 374 g/mol. The largest absolute Gasteiger partial charge is 0.495 e. The second-order valence-electron chi connectivity index (χ2n) is 6.36. The van der Waals surface area contributed by atoms with Crippen molar-refractivity contribution in [3.8, 4) is 5.75 Å². The molecule has 0 amide bonds. The van der Waals surface area contributed by atoms with Crippen LogP contribution in [0.1, 0.15) is 13.3 Å². The smallest absolute Gasteiger partial charge is 0.182 e. The number of fused-ring (bicyclic) bond motifs is 1. The number of ether oxygens (including phenoxy) is 1. The number of para-hydroxylation sites is 3. The van der Waals surface area contributed by atoms with Crippen LogP contribution in [0.5, 0.6) is 5.75 Å². The predicted molar refractivity (Wildman–Crippen MR) is 112 cm³/mol. The van der Waals surface area contributed by atoms with Crippen molar-refractivity contribution in [1.82, 2.24) is 10.1 Å². The van der Waals surface area contributed by atoms with E-state index in [9.17, 15) is 4.79 Å². The maximum absolute atomic E-state index is 12.7. The molecule has 6 nitrogen and oxygen atoms in total. The van der Waals surface area contributed by atoms with Crippen LogP contribution < -0.4 is 15.2 Å². The summed E-state index contributed by atoms with van der Waals surface area (Å²) in [7, 11) is 1.63. The van der Waals surface area contributed by atoms with Gasteiger partial charge in [-0.3, -0.25) is 10.2 Å². The number of aromatic nitrogens is 1. The number of allylic oxidation sites excluding steroid dienone is 3. The number of carbonyl (C=O) groups is 1. The van der Waals surface area contributed by atoms with Crippen LogP contribution >= 0.6 is 0 Å². The highest BCUT2D eigenvalue weighted by Gasteiger charge is 2.26. The van der Waals surface area contributed by atoms with Gasteiger partial charge in [0.2, 0.25) is 0 Å². The van der Waals surface area contributed by atoms with Crippen LogP contribution in [0.15, 0.2) is 78.8 Å². The standard InChI is InChI=1S/C22H22N4O2/c1-3-21(27)19-12-8-14-25(20-15-23-17-10-5-4-9-16(17)20)26(19)24-18-11-6-7-13-22(18)28-2/h4-15,23-24H,3H2,1-2H3. The minimum atomic E-state index is 0.0385. The predicted octanol–water partition coefficient (Wildman–Crippen LogP) is 4.62. The van der Waals surface area contributed by atoms with Gasteiger partial charge < -0.3 is 9.72 Å². The van der Waals surface area contributed by atoms with E-state index in [0.717, 1.165) is 22.3 Å². The number of H-pyrrole nitrogens is 1. The normalized spacial score (nSPS) is 13.6. The Bertz CT molecular complexity index is 1070. The van der Waals surface area contributed by atoms with Crippen molar-refractivity contribution in [1.29, 1.82) is 0 Å². The molecule has 142 valence electrons. The van der Waals surface area contributed by atoms with Gasteiger partial charge >= 0.3 is 0 Å². The zero-order valence-electron chi connectivity index (χ0n) is 15.8. The maximum atomic E-state index is 12.7. The molecule has 1 aliphatic heterocycles. The number of anilines is 2. The average Bonchev–Trinajstić information content (AvgIpc) is 3.17. The van der Waals surface area contributed by atoms with Gasteiger partial charge in [0.15, 0.2) is 5.78 Å². The van der Waals surface area contributed by atoms with Gasteiger partial charge in [0.05, 0.1) is 18.5 Å². The number of carbonyl (C=O) groups excluding carboxylic acids is 1. The minimum absolute atomic E-state index is 0.0385. The highest BCUT2D eigenvalue weighted by molar-refractivity contribution is 5.97. The number of rotatable bonds is 6. The number of Topliss-reactive ketones (excluding diaryl/α,β-unsaturated/α-hetero) is 1. The Hall–Kier alpha value is -3.67. The fourth-order valence-corrected chi connectivity index (χ4v) is 3.26. The molecule has 0 fully saturated rings. The summed E-state index contributed by atoms with van der Waals surface area (Å²) in [4.78, 5) is 15.9. The monoisotopic (exact) mass is 374 g/mol. The third-order valence-corrected chi connectivity index (χ3v) is 4.68. The van der Waals surface area contributed by atoms with Crippen molar-refractivity contribution in [2.75, 3.05) is 17.5 Å². The Kier molecular flexibility index (Phi) is 4.76. The third-order valence-electron chi connectivity index (χ3n) is 4.68. The number of nitrogens with zero attached hydrogens (tertiary/aromatic N) is 2. The number of methoxy groups -OCH3 is 1. The number of hydrogen-bond donors (Lipinski definition) is 2. The van der Waals surface area contributed by atoms with E-state index in [1.165, 1.54) is 0 Å². The molecule has 28 heavy (non-hydrogen) atoms. The lowest BCUT2D eigenvalue weighted by Gasteiger charge is -2.38. The minimum Gasteiger partial charge on any atom is -0.495 e. The van der Waals surface area contributed by atoms with Gasteiger partial charge in [0.25, 0.3) is 0 Å². The van der Waals surface area contributed by atoms with Gasteiger partial charge in [-0.15, -0.1) is 0 Å². The molecule has 0 radical (unpaired) electrons. The molecule has 3 aromatic rings. The Labute approximate surface area is 163 Å². The second kappa shape index (κ2) is 7.52. The van der Waals surface area contributed by atoms with Crippen LogP contribution in [0.25, 0.3) is 10.9 Å². The summed E-state index contributed by atoms with van der Waals surface area (Å²) < 4.78 is 5.47. The zero-order chi connectivity index (χ0) is 19.5. The van der Waals surface area contributed by atoms with Crippen molar-refractivity contribution in [3.05, 3.63) is 78.8 Å². The van der Waals surface area contributed by atoms with Gasteiger partial charge in [-0.1, -0.05) is 37.3 Å². The van der Waals surface area contributed by atoms with Gasteiger partial charge in [-0.25, -0.2) is 5.01 Å². The summed E-state index contributed by atoms with van der Waals surface area (Å²) in [6.07, 6.45) is 7.96. The Morgan fingerprint density at radius 1 is 1.14 bits per heavy atom. The summed E-state index contributed by atoms with van der Waals surface area (Å²) in [5.41, 5.74) is 6.63. The lowest BCUT2D eigenvalue weighted by molar-refractivity contribution is -0.116. The Morgan fingerprint density at radius 3 is 2.75 bits per heavy atom. The van der Waals surface area contributed by atoms with Gasteiger partial charge in [0, 0.05) is 29.7 Å². The lowest BCUT2D eigenvalue weighted by atomic mass is 10.2. The van der Waals surface area contributed by atoms with Crippen LogP contribution in [0, 0.1) is 0 Å². The van der Waals surface area contributed by atoms with Crippen molar-refractivity contribution in [2.45, 2.75) is 13.3 Å². The first-order valence-electron chi connectivity index (χ1n) is 9.19. The molecule has 2 heterocycles. The van der Waals surface area contributed by atoms with E-state index in [2.05, 4.69) is 16.5 Å². The quantitative estimate of drug-likeness (QED) is 0.659. The van der Waals surface area contributed by atoms with Crippen LogP contribution in [-0.2, 0) is 4.79 Å². The Morgan fingerprint density at radius 2 is 1.93 bits per heavy atom. The molecular weight excluding hydrogens is 352 g/mol. The second-order valence-corrected chi connectivity index (χ2v) is 6.36. The molecule has 1 aliphatic rings. The lowest BCUT2D eigenvalue weighted by Crippen LogP contribution is -2.46. The molecule has 0 saturated heterocycles. The van der Waals surface area contributed by atoms with Gasteiger partial charge in [0.1, 0.15) is 11.4 Å². The summed E-state index contributed by atoms with van der Waals surface area (Å²) in [5, 5.41) is 4.75. The molecule has 0 saturated carbocycles. The van der Waals surface area contributed by atoms with Crippen molar-refractivity contribution >= 4 is 28.1 Å². The number of hydrogen-bond acceptors (Lipinski definition) is 5. The highest BCUT2D eigenvalue weighted by atomic mass is 16.5. The molecule has 0 aliphatic carbocycles. The van der Waals surface area contributed by atoms with Crippen molar-refractivity contribution in [3.63, 3.8) is 0 Å². The molecule has 1 aromatic heterocycles. The zero-order valence-corrected chi connectivity index (χ0v) is 15.8. The van der Waals surface area contributed by atoms with E-state index in [4.69, 9.17) is 4.74 Å². The molecule has 0 atom stereocenters. The summed E-state index contributed by atoms with van der Waals surface area (Å²) >= 11 is 0. The third kappa shape index (κ3) is 3.09. The molecule has 4 rings (SSSR count).